The number of nitrogens with one attached hydrogen (secondary N) is 1. The quantitative estimate of drug-likeness (QED) is 0.787. The van der Waals surface area contributed by atoms with E-state index >= 15 is 0 Å². The number of hydrogen-bond donors (Lipinski definition) is 1. The molecule has 1 aliphatic rings. The molecule has 2 amide bonds. The molecule has 6 heteroatoms. The molecule has 0 spiro atoms. The van der Waals surface area contributed by atoms with Crippen molar-refractivity contribution in [2.45, 2.75) is 13.0 Å². The highest BCUT2D eigenvalue weighted by atomic mass is 35.5. The second-order valence-corrected chi connectivity index (χ2v) is 6.42. The van der Waals surface area contributed by atoms with Crippen LogP contribution in [-0.2, 0) is 22.6 Å². The molecule has 0 fully saturated rings. The first-order valence-electron chi connectivity index (χ1n) is 7.85. The van der Waals surface area contributed by atoms with Crippen molar-refractivity contribution in [3.63, 3.8) is 0 Å². The summed E-state index contributed by atoms with van der Waals surface area (Å²) in [7, 11) is 0. The second-order valence-electron chi connectivity index (χ2n) is 5.63. The second kappa shape index (κ2) is 7.72. The third-order valence-corrected chi connectivity index (χ3v) is 4.71. The van der Waals surface area contributed by atoms with Crippen LogP contribution in [0.3, 0.4) is 0 Å². The molecule has 0 radical (unpaired) electrons. The fraction of sp³-hybridized carbons (Fsp3) is 0.158. The summed E-state index contributed by atoms with van der Waals surface area (Å²) in [6.07, 6.45) is 0.584. The minimum Gasteiger partial charge on any atom is -0.375 e. The van der Waals surface area contributed by atoms with Crippen molar-refractivity contribution in [3.05, 3.63) is 81.5 Å². The molecule has 1 aliphatic heterocycles. The Morgan fingerprint density at radius 2 is 1.56 bits per heavy atom. The lowest BCUT2D eigenvalue weighted by Gasteiger charge is -2.15. The number of nitrogens with zero attached hydrogens (tertiary/aromatic N) is 1. The molecule has 0 aliphatic carbocycles. The molecule has 25 heavy (non-hydrogen) atoms. The molecule has 4 nitrogen and oxygen atoms in total. The molecule has 2 aromatic rings. The molecule has 0 saturated carbocycles. The standard InChI is InChI=1S/C19H16Cl2N2O2/c20-15-9-5-4-8-14(15)12-22-17-16(21)18(24)23(19(17)25)11-10-13-6-2-1-3-7-13/h1-9,22H,10-12H2. The van der Waals surface area contributed by atoms with E-state index in [9.17, 15) is 9.59 Å². The number of halogens is 2. The molecule has 3 rings (SSSR count). The first kappa shape index (κ1) is 17.5. The smallest absolute Gasteiger partial charge is 0.278 e. The zero-order valence-electron chi connectivity index (χ0n) is 13.3. The fourth-order valence-corrected chi connectivity index (χ4v) is 3.07. The number of imide groups is 1. The molecular weight excluding hydrogens is 359 g/mol. The summed E-state index contributed by atoms with van der Waals surface area (Å²) in [5, 5.41) is 3.46. The lowest BCUT2D eigenvalue weighted by molar-refractivity contribution is -0.137. The predicted molar refractivity (Wildman–Crippen MR) is 98.0 cm³/mol. The summed E-state index contributed by atoms with van der Waals surface area (Å²) in [4.78, 5) is 26.0. The van der Waals surface area contributed by atoms with Crippen LogP contribution in [0.5, 0.6) is 0 Å². The summed E-state index contributed by atoms with van der Waals surface area (Å²) in [5.41, 5.74) is 2.00. The average Bonchev–Trinajstić information content (AvgIpc) is 2.83. The highest BCUT2D eigenvalue weighted by Gasteiger charge is 2.37. The molecule has 0 atom stereocenters. The van der Waals surface area contributed by atoms with E-state index in [0.717, 1.165) is 11.1 Å². The van der Waals surface area contributed by atoms with E-state index in [0.29, 0.717) is 18.0 Å². The molecule has 0 aromatic heterocycles. The van der Waals surface area contributed by atoms with Gasteiger partial charge >= 0.3 is 0 Å². The Hall–Kier alpha value is -2.30. The molecule has 0 bridgehead atoms. The van der Waals surface area contributed by atoms with E-state index in [-0.39, 0.29) is 17.3 Å². The average molecular weight is 375 g/mol. The largest absolute Gasteiger partial charge is 0.375 e. The maximum atomic E-state index is 12.5. The third kappa shape index (κ3) is 3.86. The van der Waals surface area contributed by atoms with Crippen molar-refractivity contribution in [1.82, 2.24) is 10.2 Å². The van der Waals surface area contributed by atoms with E-state index in [1.54, 1.807) is 6.07 Å². The zero-order chi connectivity index (χ0) is 17.8. The van der Waals surface area contributed by atoms with Crippen LogP contribution in [0.15, 0.2) is 65.3 Å². The number of rotatable bonds is 6. The summed E-state index contributed by atoms with van der Waals surface area (Å²) >= 11 is 12.2. The number of carbonyl (C=O) groups excluding carboxylic acids is 2. The van der Waals surface area contributed by atoms with Gasteiger partial charge in [0.05, 0.1) is 0 Å². The molecule has 1 N–H and O–H groups in total. The number of amides is 2. The highest BCUT2D eigenvalue weighted by molar-refractivity contribution is 6.47. The van der Waals surface area contributed by atoms with Gasteiger partial charge < -0.3 is 5.32 Å². The molecular formula is C19H16Cl2N2O2. The van der Waals surface area contributed by atoms with Crippen LogP contribution in [0.2, 0.25) is 5.02 Å². The lowest BCUT2D eigenvalue weighted by atomic mass is 10.1. The van der Waals surface area contributed by atoms with Crippen LogP contribution in [0.4, 0.5) is 0 Å². The van der Waals surface area contributed by atoms with Crippen LogP contribution in [0.1, 0.15) is 11.1 Å². The van der Waals surface area contributed by atoms with Crippen molar-refractivity contribution in [1.29, 1.82) is 0 Å². The SMILES string of the molecule is O=C1C(Cl)=C(NCc2ccccc2Cl)C(=O)N1CCc1ccccc1. The van der Waals surface area contributed by atoms with Crippen molar-refractivity contribution >= 4 is 35.0 Å². The first-order chi connectivity index (χ1) is 12.1. The van der Waals surface area contributed by atoms with Gasteiger partial charge in [0.1, 0.15) is 10.7 Å². The van der Waals surface area contributed by atoms with Gasteiger partial charge in [-0.05, 0) is 23.6 Å². The van der Waals surface area contributed by atoms with E-state index in [1.807, 2.05) is 48.5 Å². The Labute approximate surface area is 156 Å². The van der Waals surface area contributed by atoms with Gasteiger partial charge in [-0.1, -0.05) is 71.7 Å². The number of carbonyl (C=O) groups is 2. The van der Waals surface area contributed by atoms with Gasteiger partial charge in [0.2, 0.25) is 0 Å². The van der Waals surface area contributed by atoms with Gasteiger partial charge in [0.15, 0.2) is 0 Å². The van der Waals surface area contributed by atoms with Crippen LogP contribution < -0.4 is 5.32 Å². The molecule has 0 unspecified atom stereocenters. The molecule has 128 valence electrons. The van der Waals surface area contributed by atoms with Gasteiger partial charge in [-0.3, -0.25) is 14.5 Å². The Morgan fingerprint density at radius 1 is 0.880 bits per heavy atom. The number of hydrogen-bond acceptors (Lipinski definition) is 3. The van der Waals surface area contributed by atoms with E-state index in [4.69, 9.17) is 23.2 Å². The van der Waals surface area contributed by atoms with Crippen LogP contribution >= 0.6 is 23.2 Å². The van der Waals surface area contributed by atoms with E-state index in [1.165, 1.54) is 4.90 Å². The van der Waals surface area contributed by atoms with E-state index in [2.05, 4.69) is 5.32 Å². The molecule has 1 heterocycles. The molecule has 0 saturated heterocycles. The fourth-order valence-electron chi connectivity index (χ4n) is 2.61. The maximum absolute atomic E-state index is 12.5. The summed E-state index contributed by atoms with van der Waals surface area (Å²) in [6, 6.07) is 17.0. The minimum atomic E-state index is -0.468. The van der Waals surface area contributed by atoms with Crippen molar-refractivity contribution in [2.24, 2.45) is 0 Å². The van der Waals surface area contributed by atoms with E-state index < -0.39 is 11.8 Å². The zero-order valence-corrected chi connectivity index (χ0v) is 14.8. The monoisotopic (exact) mass is 374 g/mol. The van der Waals surface area contributed by atoms with Crippen LogP contribution in [-0.4, -0.2) is 23.3 Å². The van der Waals surface area contributed by atoms with Crippen molar-refractivity contribution in [3.8, 4) is 0 Å². The van der Waals surface area contributed by atoms with Crippen LogP contribution in [0, 0.1) is 0 Å². The van der Waals surface area contributed by atoms with Crippen molar-refractivity contribution in [2.75, 3.05) is 6.54 Å². The minimum absolute atomic E-state index is 0.0786. The normalized spacial score (nSPS) is 14.4. The van der Waals surface area contributed by atoms with Gasteiger partial charge in [-0.15, -0.1) is 0 Å². The predicted octanol–water partition coefficient (Wildman–Crippen LogP) is 3.49. The van der Waals surface area contributed by atoms with Crippen molar-refractivity contribution < 1.29 is 9.59 Å². The lowest BCUT2D eigenvalue weighted by Crippen LogP contribution is -2.35. The first-order valence-corrected chi connectivity index (χ1v) is 8.60. The highest BCUT2D eigenvalue weighted by Crippen LogP contribution is 2.23. The van der Waals surface area contributed by atoms with Gasteiger partial charge in [0, 0.05) is 18.1 Å². The maximum Gasteiger partial charge on any atom is 0.278 e. The molecule has 2 aromatic carbocycles. The number of benzene rings is 2. The van der Waals surface area contributed by atoms with Gasteiger partial charge in [0.25, 0.3) is 11.8 Å². The van der Waals surface area contributed by atoms with Gasteiger partial charge in [-0.2, -0.15) is 0 Å². The van der Waals surface area contributed by atoms with Gasteiger partial charge in [-0.25, -0.2) is 0 Å². The Morgan fingerprint density at radius 3 is 2.28 bits per heavy atom. The van der Waals surface area contributed by atoms with Crippen LogP contribution in [0.25, 0.3) is 0 Å². The summed E-state index contributed by atoms with van der Waals surface area (Å²) in [6.45, 7) is 0.603. The Balaban J connectivity index is 1.66. The third-order valence-electron chi connectivity index (χ3n) is 3.99. The summed E-state index contributed by atoms with van der Waals surface area (Å²) < 4.78 is 0. The Bertz CT molecular complexity index is 834. The summed E-state index contributed by atoms with van der Waals surface area (Å²) in [5.74, 6) is -0.873. The topological polar surface area (TPSA) is 49.4 Å². The Kier molecular flexibility index (Phi) is 5.41.